The number of nitrogens with one attached hydrogen (secondary N) is 1. The average molecular weight is 505 g/mol. The van der Waals surface area contributed by atoms with Crippen molar-refractivity contribution >= 4 is 34.7 Å². The third kappa shape index (κ3) is 4.08. The maximum Gasteiger partial charge on any atom is 0.257 e. The van der Waals surface area contributed by atoms with Crippen LogP contribution in [0.3, 0.4) is 0 Å². The standard InChI is InChI=1S/C26H21FN4O2S2/c27-19-9-3-1-6-16(19)24-29-22(14-34-24)17-7-2-4-10-20(17)28-23(32)12-15-13-35-26-30-21-11-5-8-18(21)25(33)31(15)26/h1-4,6-7,9-10,14-15H,5,8,11-13H2,(H,28,32). The van der Waals surface area contributed by atoms with Gasteiger partial charge >= 0.3 is 0 Å². The fraction of sp³-hybridized carbons (Fsp3) is 0.231. The number of hydrogen-bond acceptors (Lipinski definition) is 6. The number of carbonyl (C=O) groups is 1. The van der Waals surface area contributed by atoms with Gasteiger partial charge < -0.3 is 5.32 Å². The number of anilines is 1. The van der Waals surface area contributed by atoms with Gasteiger partial charge in [-0.05, 0) is 37.5 Å². The number of thioether (sulfide) groups is 1. The molecule has 1 aliphatic heterocycles. The Bertz CT molecular complexity index is 1510. The Morgan fingerprint density at radius 3 is 2.74 bits per heavy atom. The summed E-state index contributed by atoms with van der Waals surface area (Å²) in [5.74, 6) is 0.158. The number of halogens is 1. The molecule has 6 nitrogen and oxygen atoms in total. The predicted molar refractivity (Wildman–Crippen MR) is 136 cm³/mol. The largest absolute Gasteiger partial charge is 0.325 e. The number of aromatic nitrogens is 3. The molecule has 1 amide bonds. The molecule has 0 saturated heterocycles. The fourth-order valence-electron chi connectivity index (χ4n) is 4.69. The minimum Gasteiger partial charge on any atom is -0.325 e. The summed E-state index contributed by atoms with van der Waals surface area (Å²) in [5, 5.41) is 6.17. The lowest BCUT2D eigenvalue weighted by Gasteiger charge is -2.15. The molecular formula is C26H21FN4O2S2. The molecule has 1 unspecified atom stereocenters. The molecule has 1 aliphatic carbocycles. The Labute approximate surface area is 209 Å². The smallest absolute Gasteiger partial charge is 0.257 e. The maximum absolute atomic E-state index is 14.2. The molecule has 2 aromatic heterocycles. The Hall–Kier alpha value is -3.30. The predicted octanol–water partition coefficient (Wildman–Crippen LogP) is 5.34. The van der Waals surface area contributed by atoms with Gasteiger partial charge in [0.2, 0.25) is 5.91 Å². The van der Waals surface area contributed by atoms with Crippen molar-refractivity contribution in [1.82, 2.24) is 14.5 Å². The summed E-state index contributed by atoms with van der Waals surface area (Å²) in [5.41, 5.74) is 4.25. The van der Waals surface area contributed by atoms with E-state index in [0.29, 0.717) is 27.7 Å². The van der Waals surface area contributed by atoms with Gasteiger partial charge in [-0.1, -0.05) is 42.1 Å². The van der Waals surface area contributed by atoms with Gasteiger partial charge in [0.05, 0.1) is 23.1 Å². The molecule has 2 aliphatic rings. The lowest BCUT2D eigenvalue weighted by atomic mass is 10.1. The number of aryl methyl sites for hydroxylation is 1. The Balaban J connectivity index is 1.23. The molecule has 1 N–H and O–H groups in total. The van der Waals surface area contributed by atoms with Crippen LogP contribution in [0.5, 0.6) is 0 Å². The van der Waals surface area contributed by atoms with Crippen molar-refractivity contribution in [1.29, 1.82) is 0 Å². The van der Waals surface area contributed by atoms with E-state index in [1.807, 2.05) is 29.6 Å². The van der Waals surface area contributed by atoms with Gasteiger partial charge in [-0.25, -0.2) is 14.4 Å². The first-order valence-corrected chi connectivity index (χ1v) is 13.3. The molecule has 0 bridgehead atoms. The summed E-state index contributed by atoms with van der Waals surface area (Å²) in [6, 6.07) is 13.8. The van der Waals surface area contributed by atoms with Crippen LogP contribution in [0, 0.1) is 5.82 Å². The van der Waals surface area contributed by atoms with Crippen LogP contribution in [0.4, 0.5) is 10.1 Å². The summed E-state index contributed by atoms with van der Waals surface area (Å²) in [6.07, 6.45) is 2.77. The van der Waals surface area contributed by atoms with Gasteiger partial charge in [-0.15, -0.1) is 11.3 Å². The molecule has 35 heavy (non-hydrogen) atoms. The van der Waals surface area contributed by atoms with E-state index in [9.17, 15) is 14.0 Å². The first-order valence-electron chi connectivity index (χ1n) is 11.5. The second kappa shape index (κ2) is 9.05. The summed E-state index contributed by atoms with van der Waals surface area (Å²) in [6.45, 7) is 0. The van der Waals surface area contributed by atoms with E-state index in [2.05, 4.69) is 15.3 Å². The topological polar surface area (TPSA) is 76.9 Å². The summed E-state index contributed by atoms with van der Waals surface area (Å²) >= 11 is 2.90. The molecule has 0 fully saturated rings. The number of para-hydroxylation sites is 1. The molecule has 3 heterocycles. The zero-order chi connectivity index (χ0) is 23.9. The first-order chi connectivity index (χ1) is 17.1. The number of hydrogen-bond donors (Lipinski definition) is 1. The summed E-state index contributed by atoms with van der Waals surface area (Å²) in [7, 11) is 0. The number of amides is 1. The van der Waals surface area contributed by atoms with Crippen LogP contribution in [0.1, 0.15) is 30.1 Å². The van der Waals surface area contributed by atoms with Crippen molar-refractivity contribution in [3.8, 4) is 21.8 Å². The highest BCUT2D eigenvalue weighted by atomic mass is 32.2. The van der Waals surface area contributed by atoms with Crippen LogP contribution >= 0.6 is 23.1 Å². The molecule has 4 aromatic rings. The van der Waals surface area contributed by atoms with Crippen LogP contribution in [0.15, 0.2) is 63.9 Å². The second-order valence-corrected chi connectivity index (χ2v) is 10.5. The molecule has 0 spiro atoms. The van der Waals surface area contributed by atoms with Crippen molar-refractivity contribution in [3.63, 3.8) is 0 Å². The van der Waals surface area contributed by atoms with E-state index < -0.39 is 0 Å². The number of thiazole rings is 1. The maximum atomic E-state index is 14.2. The third-order valence-corrected chi connectivity index (χ3v) is 8.35. The highest BCUT2D eigenvalue weighted by Gasteiger charge is 2.31. The number of benzene rings is 2. The highest BCUT2D eigenvalue weighted by Crippen LogP contribution is 2.36. The number of rotatable bonds is 5. The lowest BCUT2D eigenvalue weighted by molar-refractivity contribution is -0.116. The van der Waals surface area contributed by atoms with Crippen molar-refractivity contribution in [2.75, 3.05) is 11.1 Å². The molecule has 176 valence electrons. The van der Waals surface area contributed by atoms with E-state index in [0.717, 1.165) is 41.2 Å². The minimum absolute atomic E-state index is 0.00819. The molecule has 2 aromatic carbocycles. The van der Waals surface area contributed by atoms with Gasteiger partial charge in [0.15, 0.2) is 5.16 Å². The van der Waals surface area contributed by atoms with Crippen LogP contribution in [0.25, 0.3) is 21.8 Å². The van der Waals surface area contributed by atoms with Crippen molar-refractivity contribution < 1.29 is 9.18 Å². The average Bonchev–Trinajstić information content (AvgIpc) is 3.60. The Morgan fingerprint density at radius 1 is 1.09 bits per heavy atom. The molecule has 1 atom stereocenters. The monoisotopic (exact) mass is 504 g/mol. The summed E-state index contributed by atoms with van der Waals surface area (Å²) < 4.78 is 15.9. The van der Waals surface area contributed by atoms with Gasteiger partial charge in [0.1, 0.15) is 10.8 Å². The summed E-state index contributed by atoms with van der Waals surface area (Å²) in [4.78, 5) is 35.4. The van der Waals surface area contributed by atoms with Crippen LogP contribution in [-0.2, 0) is 17.6 Å². The van der Waals surface area contributed by atoms with Gasteiger partial charge in [0.25, 0.3) is 5.56 Å². The second-order valence-electron chi connectivity index (χ2n) is 8.63. The minimum atomic E-state index is -0.319. The normalized spacial score (nSPS) is 16.2. The van der Waals surface area contributed by atoms with E-state index >= 15 is 0 Å². The van der Waals surface area contributed by atoms with Crippen LogP contribution < -0.4 is 10.9 Å². The van der Waals surface area contributed by atoms with Crippen molar-refractivity contribution in [3.05, 3.63) is 81.3 Å². The Kier molecular flexibility index (Phi) is 5.74. The zero-order valence-electron chi connectivity index (χ0n) is 18.7. The Morgan fingerprint density at radius 2 is 1.89 bits per heavy atom. The lowest BCUT2D eigenvalue weighted by Crippen LogP contribution is -2.30. The van der Waals surface area contributed by atoms with Crippen LogP contribution in [0.2, 0.25) is 0 Å². The number of fused-ring (bicyclic) bond motifs is 2. The van der Waals surface area contributed by atoms with Crippen molar-refractivity contribution in [2.45, 2.75) is 36.9 Å². The SMILES string of the molecule is O=C(CC1CSc2nc3c(c(=O)n21)CCC3)Nc1ccccc1-c1csc(-c2ccccc2F)n1. The van der Waals surface area contributed by atoms with Gasteiger partial charge in [-0.2, -0.15) is 0 Å². The molecular weight excluding hydrogens is 483 g/mol. The van der Waals surface area contributed by atoms with E-state index in [-0.39, 0.29) is 29.7 Å². The first kappa shape index (κ1) is 22.2. The van der Waals surface area contributed by atoms with Crippen LogP contribution in [-0.4, -0.2) is 26.2 Å². The molecule has 9 heteroatoms. The van der Waals surface area contributed by atoms with Crippen molar-refractivity contribution in [2.24, 2.45) is 0 Å². The highest BCUT2D eigenvalue weighted by molar-refractivity contribution is 7.99. The van der Waals surface area contributed by atoms with E-state index in [1.54, 1.807) is 22.8 Å². The molecule has 0 radical (unpaired) electrons. The molecule has 0 saturated carbocycles. The van der Waals surface area contributed by atoms with E-state index in [4.69, 9.17) is 0 Å². The fourth-order valence-corrected chi connectivity index (χ4v) is 6.69. The van der Waals surface area contributed by atoms with Gasteiger partial charge in [0, 0.05) is 34.2 Å². The van der Waals surface area contributed by atoms with Gasteiger partial charge in [-0.3, -0.25) is 14.2 Å². The number of carbonyl (C=O) groups excluding carboxylic acids is 1. The quantitative estimate of drug-likeness (QED) is 0.372. The number of nitrogens with zero attached hydrogens (tertiary/aromatic N) is 3. The molecule has 6 rings (SSSR count). The van der Waals surface area contributed by atoms with E-state index in [1.165, 1.54) is 29.2 Å². The zero-order valence-corrected chi connectivity index (χ0v) is 20.3. The third-order valence-electron chi connectivity index (χ3n) is 6.38.